The molecular weight excluding hydrogens is 366 g/mol. The highest BCUT2D eigenvalue weighted by Crippen LogP contribution is 2.38. The zero-order chi connectivity index (χ0) is 19.8. The molecule has 0 aliphatic carbocycles. The van der Waals surface area contributed by atoms with Gasteiger partial charge in [0.15, 0.2) is 0 Å². The highest BCUT2D eigenvalue weighted by atomic mass is 32.1. The lowest BCUT2D eigenvalue weighted by atomic mass is 9.89. The number of aryl methyl sites for hydroxylation is 1. The van der Waals surface area contributed by atoms with Crippen molar-refractivity contribution in [2.24, 2.45) is 0 Å². The van der Waals surface area contributed by atoms with Crippen LogP contribution in [0.5, 0.6) is 0 Å². The van der Waals surface area contributed by atoms with E-state index in [4.69, 9.17) is 0 Å². The van der Waals surface area contributed by atoms with Gasteiger partial charge in [-0.3, -0.25) is 4.79 Å². The van der Waals surface area contributed by atoms with E-state index >= 15 is 0 Å². The molecule has 0 aliphatic heterocycles. The van der Waals surface area contributed by atoms with Crippen molar-refractivity contribution in [2.45, 2.75) is 46.1 Å². The van der Waals surface area contributed by atoms with E-state index in [1.807, 2.05) is 24.4 Å². The van der Waals surface area contributed by atoms with E-state index in [1.165, 1.54) is 16.9 Å². The van der Waals surface area contributed by atoms with Gasteiger partial charge in [-0.05, 0) is 64.9 Å². The normalized spacial score (nSPS) is 11.8. The van der Waals surface area contributed by atoms with Gasteiger partial charge >= 0.3 is 0 Å². The Kier molecular flexibility index (Phi) is 5.09. The summed E-state index contributed by atoms with van der Waals surface area (Å²) in [4.78, 5) is 15.6. The van der Waals surface area contributed by atoms with Crippen molar-refractivity contribution in [3.05, 3.63) is 68.8 Å². The summed E-state index contributed by atoms with van der Waals surface area (Å²) in [6.07, 6.45) is 2.25. The lowest BCUT2D eigenvalue weighted by molar-refractivity contribution is 0.282. The average molecular weight is 392 g/mol. The molecule has 0 fully saturated rings. The predicted octanol–water partition coefficient (Wildman–Crippen LogP) is 6.11. The van der Waals surface area contributed by atoms with Gasteiger partial charge < -0.3 is 10.1 Å². The number of nitrogens with one attached hydrogen (secondary N) is 1. The molecule has 2 aromatic heterocycles. The molecule has 0 amide bonds. The summed E-state index contributed by atoms with van der Waals surface area (Å²) < 4.78 is 0.733. The van der Waals surface area contributed by atoms with E-state index in [9.17, 15) is 9.90 Å². The lowest BCUT2D eigenvalue weighted by Gasteiger charge is -2.17. The molecule has 4 aromatic rings. The van der Waals surface area contributed by atoms with Gasteiger partial charge in [-0.15, -0.1) is 11.3 Å². The van der Waals surface area contributed by atoms with Crippen LogP contribution in [-0.2, 0) is 6.61 Å². The number of benzene rings is 2. The molecule has 28 heavy (non-hydrogen) atoms. The molecule has 0 spiro atoms. The van der Waals surface area contributed by atoms with Crippen LogP contribution < -0.4 is 5.56 Å². The first kappa shape index (κ1) is 18.9. The first-order chi connectivity index (χ1) is 13.6. The summed E-state index contributed by atoms with van der Waals surface area (Å²) in [5, 5.41) is 14.0. The molecule has 144 valence electrons. The van der Waals surface area contributed by atoms with Crippen LogP contribution in [0, 0.1) is 6.92 Å². The molecule has 2 aromatic carbocycles. The van der Waals surface area contributed by atoms with Crippen LogP contribution in [0.1, 0.15) is 49.3 Å². The Hall–Kier alpha value is -2.43. The minimum absolute atomic E-state index is 0.0365. The summed E-state index contributed by atoms with van der Waals surface area (Å²) in [6, 6.07) is 12.7. The minimum atomic E-state index is -0.0487. The third-order valence-corrected chi connectivity index (χ3v) is 6.73. The topological polar surface area (TPSA) is 53.1 Å². The van der Waals surface area contributed by atoms with Gasteiger partial charge in [-0.25, -0.2) is 0 Å². The molecule has 0 saturated carbocycles. The van der Waals surface area contributed by atoms with Crippen molar-refractivity contribution < 1.29 is 5.11 Å². The number of rotatable bonds is 5. The second-order valence-corrected chi connectivity index (χ2v) is 8.30. The summed E-state index contributed by atoms with van der Waals surface area (Å²) >= 11 is 1.46. The van der Waals surface area contributed by atoms with Gasteiger partial charge in [0, 0.05) is 10.8 Å². The standard InChI is InChI=1S/C24H25NO2S/c1-4-15(5-2)16-6-8-17(9-7-16)20-18(13-26)12-14(3)22-21(20)19-10-11-28-23(19)24(27)25-22/h6-12,15,26H,4-5,13H2,1-3H3,(H,25,27). The van der Waals surface area contributed by atoms with Crippen molar-refractivity contribution in [3.63, 3.8) is 0 Å². The summed E-state index contributed by atoms with van der Waals surface area (Å²) in [6.45, 7) is 6.40. The Morgan fingerprint density at radius 3 is 2.46 bits per heavy atom. The SMILES string of the molecule is CCC(CC)c1ccc(-c2c(CO)cc(C)c3[nH]c(=O)c4sccc4c23)cc1. The van der Waals surface area contributed by atoms with Crippen LogP contribution in [-0.4, -0.2) is 10.1 Å². The maximum absolute atomic E-state index is 12.5. The maximum atomic E-state index is 12.5. The summed E-state index contributed by atoms with van der Waals surface area (Å²) in [5.74, 6) is 0.570. The zero-order valence-electron chi connectivity index (χ0n) is 16.5. The Morgan fingerprint density at radius 2 is 1.82 bits per heavy atom. The monoisotopic (exact) mass is 391 g/mol. The maximum Gasteiger partial charge on any atom is 0.266 e. The highest BCUT2D eigenvalue weighted by molar-refractivity contribution is 7.17. The summed E-state index contributed by atoms with van der Waals surface area (Å²) in [7, 11) is 0. The van der Waals surface area contributed by atoms with Gasteiger partial charge in [0.25, 0.3) is 5.56 Å². The molecule has 0 radical (unpaired) electrons. The van der Waals surface area contributed by atoms with Crippen LogP contribution in [0.4, 0.5) is 0 Å². The third-order valence-electron chi connectivity index (χ3n) is 5.81. The van der Waals surface area contributed by atoms with Gasteiger partial charge in [0.05, 0.1) is 12.1 Å². The first-order valence-corrected chi connectivity index (χ1v) is 10.7. The molecule has 0 atom stereocenters. The first-order valence-electron chi connectivity index (χ1n) is 9.85. The molecule has 0 saturated heterocycles. The number of aliphatic hydroxyl groups excluding tert-OH is 1. The Labute approximate surface area is 168 Å². The zero-order valence-corrected chi connectivity index (χ0v) is 17.3. The van der Waals surface area contributed by atoms with Crippen molar-refractivity contribution in [1.82, 2.24) is 4.98 Å². The lowest BCUT2D eigenvalue weighted by Crippen LogP contribution is -2.07. The number of aromatic amines is 1. The van der Waals surface area contributed by atoms with Crippen LogP contribution in [0.3, 0.4) is 0 Å². The predicted molar refractivity (Wildman–Crippen MR) is 119 cm³/mol. The molecule has 3 nitrogen and oxygen atoms in total. The number of hydrogen-bond donors (Lipinski definition) is 2. The van der Waals surface area contributed by atoms with E-state index in [0.29, 0.717) is 5.92 Å². The molecule has 0 unspecified atom stereocenters. The molecule has 0 aliphatic rings. The van der Waals surface area contributed by atoms with E-state index in [2.05, 4.69) is 43.1 Å². The number of hydrogen-bond acceptors (Lipinski definition) is 3. The number of pyridine rings is 1. The highest BCUT2D eigenvalue weighted by Gasteiger charge is 2.17. The van der Waals surface area contributed by atoms with Crippen LogP contribution in [0.15, 0.2) is 46.6 Å². The molecule has 4 rings (SSSR count). The Bertz CT molecular complexity index is 1200. The number of H-pyrrole nitrogens is 1. The molecular formula is C24H25NO2S. The van der Waals surface area contributed by atoms with Crippen molar-refractivity contribution in [1.29, 1.82) is 0 Å². The fourth-order valence-corrected chi connectivity index (χ4v) is 5.10. The quantitative estimate of drug-likeness (QED) is 0.431. The minimum Gasteiger partial charge on any atom is -0.392 e. The Morgan fingerprint density at radius 1 is 1.11 bits per heavy atom. The van der Waals surface area contributed by atoms with Crippen molar-refractivity contribution in [2.75, 3.05) is 0 Å². The van der Waals surface area contributed by atoms with Crippen LogP contribution >= 0.6 is 11.3 Å². The number of thiophene rings is 1. The number of fused-ring (bicyclic) bond motifs is 3. The van der Waals surface area contributed by atoms with Gasteiger partial charge in [-0.1, -0.05) is 44.2 Å². The van der Waals surface area contributed by atoms with Crippen molar-refractivity contribution in [3.8, 4) is 11.1 Å². The molecule has 4 heteroatoms. The van der Waals surface area contributed by atoms with E-state index in [-0.39, 0.29) is 12.2 Å². The number of aliphatic hydroxyl groups is 1. The molecule has 0 bridgehead atoms. The second-order valence-electron chi connectivity index (χ2n) is 7.39. The van der Waals surface area contributed by atoms with Gasteiger partial charge in [0.2, 0.25) is 0 Å². The average Bonchev–Trinajstić information content (AvgIpc) is 3.21. The van der Waals surface area contributed by atoms with Gasteiger partial charge in [-0.2, -0.15) is 0 Å². The van der Waals surface area contributed by atoms with E-state index < -0.39 is 0 Å². The van der Waals surface area contributed by atoms with E-state index in [1.54, 1.807) is 0 Å². The third kappa shape index (κ3) is 2.97. The molecule has 2 N–H and O–H groups in total. The summed E-state index contributed by atoms with van der Waals surface area (Å²) in [5.41, 5.74) is 6.10. The second kappa shape index (κ2) is 7.53. The van der Waals surface area contributed by atoms with E-state index in [0.717, 1.165) is 56.1 Å². The molecule has 2 heterocycles. The van der Waals surface area contributed by atoms with Crippen LogP contribution in [0.2, 0.25) is 0 Å². The van der Waals surface area contributed by atoms with Gasteiger partial charge in [0.1, 0.15) is 4.70 Å². The fourth-order valence-electron chi connectivity index (χ4n) is 4.31. The number of aromatic nitrogens is 1. The Balaban J connectivity index is 2.04. The van der Waals surface area contributed by atoms with Crippen molar-refractivity contribution >= 4 is 32.3 Å². The largest absolute Gasteiger partial charge is 0.392 e. The smallest absolute Gasteiger partial charge is 0.266 e. The van der Waals surface area contributed by atoms with Crippen LogP contribution in [0.25, 0.3) is 32.1 Å². The fraction of sp³-hybridized carbons (Fsp3) is 0.292.